The van der Waals surface area contributed by atoms with Crippen molar-refractivity contribution >= 4 is 5.97 Å². The van der Waals surface area contributed by atoms with Crippen molar-refractivity contribution in [3.05, 3.63) is 0 Å². The topological polar surface area (TPSA) is 41.6 Å². The molecule has 0 saturated carbocycles. The zero-order valence-electron chi connectivity index (χ0n) is 12.6. The normalized spacial score (nSPS) is 33.4. The number of nitrogens with one attached hydrogen (secondary N) is 1. The van der Waals surface area contributed by atoms with E-state index in [1.807, 2.05) is 0 Å². The molecule has 19 heavy (non-hydrogen) atoms. The van der Waals surface area contributed by atoms with E-state index >= 15 is 0 Å². The van der Waals surface area contributed by atoms with E-state index in [2.05, 4.69) is 24.1 Å². The third kappa shape index (κ3) is 2.95. The Balaban J connectivity index is 2.15. The van der Waals surface area contributed by atoms with Gasteiger partial charge in [0, 0.05) is 18.5 Å². The molecule has 2 heterocycles. The first-order valence-corrected chi connectivity index (χ1v) is 7.67. The van der Waals surface area contributed by atoms with Gasteiger partial charge in [0.05, 0.1) is 7.11 Å². The average Bonchev–Trinajstić information content (AvgIpc) is 2.47. The van der Waals surface area contributed by atoms with Crippen LogP contribution in [0.5, 0.6) is 0 Å². The summed E-state index contributed by atoms with van der Waals surface area (Å²) in [4.78, 5) is 14.9. The first-order valence-electron chi connectivity index (χ1n) is 7.67. The number of carbonyl (C=O) groups excluding carboxylic acids is 1. The van der Waals surface area contributed by atoms with Crippen LogP contribution in [0.4, 0.5) is 0 Å². The maximum atomic E-state index is 12.4. The van der Waals surface area contributed by atoms with Crippen LogP contribution in [-0.2, 0) is 9.53 Å². The van der Waals surface area contributed by atoms with Gasteiger partial charge in [0.25, 0.3) is 0 Å². The van der Waals surface area contributed by atoms with Crippen molar-refractivity contribution in [2.24, 2.45) is 5.92 Å². The summed E-state index contributed by atoms with van der Waals surface area (Å²) in [5, 5.41) is 3.51. The molecule has 2 atom stereocenters. The monoisotopic (exact) mass is 268 g/mol. The lowest BCUT2D eigenvalue weighted by molar-refractivity contribution is -0.154. The van der Waals surface area contributed by atoms with E-state index in [4.69, 9.17) is 4.74 Å². The van der Waals surface area contributed by atoms with Gasteiger partial charge < -0.3 is 15.0 Å². The highest BCUT2D eigenvalue weighted by atomic mass is 16.5. The van der Waals surface area contributed by atoms with Gasteiger partial charge in [-0.25, -0.2) is 0 Å². The zero-order chi connectivity index (χ0) is 13.9. The van der Waals surface area contributed by atoms with E-state index in [-0.39, 0.29) is 5.97 Å². The molecule has 4 heteroatoms. The summed E-state index contributed by atoms with van der Waals surface area (Å²) in [6.07, 6.45) is 5.53. The number of hydrogen-bond acceptors (Lipinski definition) is 4. The lowest BCUT2D eigenvalue weighted by Gasteiger charge is -2.46. The molecule has 2 rings (SSSR count). The molecule has 0 aromatic carbocycles. The minimum Gasteiger partial charge on any atom is -0.468 e. The van der Waals surface area contributed by atoms with E-state index in [1.165, 1.54) is 20.0 Å². The van der Waals surface area contributed by atoms with Crippen molar-refractivity contribution in [2.75, 3.05) is 26.7 Å². The molecule has 0 bridgehead atoms. The van der Waals surface area contributed by atoms with Gasteiger partial charge in [-0.2, -0.15) is 0 Å². The van der Waals surface area contributed by atoms with Crippen molar-refractivity contribution in [1.82, 2.24) is 10.2 Å². The fourth-order valence-electron chi connectivity index (χ4n) is 3.68. The summed E-state index contributed by atoms with van der Waals surface area (Å²) in [7, 11) is 1.52. The predicted molar refractivity (Wildman–Crippen MR) is 76.0 cm³/mol. The fraction of sp³-hybridized carbons (Fsp3) is 0.933. The molecule has 0 aliphatic carbocycles. The summed E-state index contributed by atoms with van der Waals surface area (Å²) < 4.78 is 5.12. The second-order valence-corrected chi connectivity index (χ2v) is 6.27. The maximum Gasteiger partial charge on any atom is 0.326 e. The molecule has 2 aliphatic heterocycles. The SMILES string of the molecule is COC(=O)C1(C2CCCN(C(C)C)C2)CCCCN1. The summed E-state index contributed by atoms with van der Waals surface area (Å²) in [6, 6.07) is 0.557. The van der Waals surface area contributed by atoms with Crippen LogP contribution in [0.1, 0.15) is 46.0 Å². The van der Waals surface area contributed by atoms with E-state index < -0.39 is 5.54 Å². The van der Waals surface area contributed by atoms with Gasteiger partial charge in [0.1, 0.15) is 5.54 Å². The summed E-state index contributed by atoms with van der Waals surface area (Å²) in [5.41, 5.74) is -0.430. The van der Waals surface area contributed by atoms with Crippen molar-refractivity contribution in [1.29, 1.82) is 0 Å². The largest absolute Gasteiger partial charge is 0.468 e. The highest BCUT2D eigenvalue weighted by molar-refractivity contribution is 5.81. The minimum absolute atomic E-state index is 0.0530. The number of likely N-dealkylation sites (tertiary alicyclic amines) is 1. The molecule has 1 N–H and O–H groups in total. The van der Waals surface area contributed by atoms with Gasteiger partial charge in [-0.05, 0) is 59.0 Å². The van der Waals surface area contributed by atoms with Gasteiger partial charge in [-0.15, -0.1) is 0 Å². The van der Waals surface area contributed by atoms with Crippen molar-refractivity contribution in [3.63, 3.8) is 0 Å². The van der Waals surface area contributed by atoms with E-state index in [9.17, 15) is 4.79 Å². The summed E-state index contributed by atoms with van der Waals surface area (Å²) in [6.45, 7) is 7.58. The molecule has 0 aromatic rings. The number of piperidine rings is 2. The van der Waals surface area contributed by atoms with Crippen LogP contribution in [-0.4, -0.2) is 49.2 Å². The van der Waals surface area contributed by atoms with Crippen LogP contribution in [0.25, 0.3) is 0 Å². The summed E-state index contributed by atoms with van der Waals surface area (Å²) >= 11 is 0. The lowest BCUT2D eigenvalue weighted by Crippen LogP contribution is -2.63. The van der Waals surface area contributed by atoms with E-state index in [0.29, 0.717) is 12.0 Å². The fourth-order valence-corrected chi connectivity index (χ4v) is 3.68. The first kappa shape index (κ1) is 14.8. The van der Waals surface area contributed by atoms with Crippen molar-refractivity contribution < 1.29 is 9.53 Å². The quantitative estimate of drug-likeness (QED) is 0.792. The van der Waals surface area contributed by atoms with Crippen molar-refractivity contribution in [2.45, 2.75) is 57.5 Å². The Bertz CT molecular complexity index is 311. The Morgan fingerprint density at radius 1 is 1.37 bits per heavy atom. The van der Waals surface area contributed by atoms with Crippen LogP contribution in [0.15, 0.2) is 0 Å². The molecule has 2 fully saturated rings. The number of hydrogen-bond donors (Lipinski definition) is 1. The smallest absolute Gasteiger partial charge is 0.326 e. The molecule has 0 amide bonds. The highest BCUT2D eigenvalue weighted by Crippen LogP contribution is 2.35. The number of methoxy groups -OCH3 is 1. The zero-order valence-corrected chi connectivity index (χ0v) is 12.6. The second kappa shape index (κ2) is 6.23. The summed E-state index contributed by atoms with van der Waals surface area (Å²) in [5.74, 6) is 0.333. The number of ether oxygens (including phenoxy) is 1. The maximum absolute atomic E-state index is 12.4. The highest BCUT2D eigenvalue weighted by Gasteiger charge is 2.48. The van der Waals surface area contributed by atoms with Crippen LogP contribution in [0.2, 0.25) is 0 Å². The predicted octanol–water partition coefficient (Wildman–Crippen LogP) is 1.79. The Kier molecular flexibility index (Phi) is 4.85. The van der Waals surface area contributed by atoms with E-state index in [1.54, 1.807) is 0 Å². The average molecular weight is 268 g/mol. The van der Waals surface area contributed by atoms with E-state index in [0.717, 1.165) is 38.9 Å². The molecular formula is C15H28N2O2. The van der Waals surface area contributed by atoms with Crippen molar-refractivity contribution in [3.8, 4) is 0 Å². The van der Waals surface area contributed by atoms with Crippen LogP contribution >= 0.6 is 0 Å². The molecule has 2 aliphatic rings. The molecule has 2 unspecified atom stereocenters. The van der Waals surface area contributed by atoms with Crippen LogP contribution in [0, 0.1) is 5.92 Å². The third-order valence-electron chi connectivity index (χ3n) is 4.87. The molecular weight excluding hydrogens is 240 g/mol. The van der Waals surface area contributed by atoms with Gasteiger partial charge in [-0.1, -0.05) is 0 Å². The second-order valence-electron chi connectivity index (χ2n) is 6.27. The molecule has 0 radical (unpaired) electrons. The first-order chi connectivity index (χ1) is 9.10. The standard InChI is InChI=1S/C15H28N2O2/c1-12(2)17-10-6-7-13(11-17)15(14(18)19-3)8-4-5-9-16-15/h12-13,16H,4-11H2,1-3H3. The molecule has 4 nitrogen and oxygen atoms in total. The number of esters is 1. The van der Waals surface area contributed by atoms with Gasteiger partial charge in [0.15, 0.2) is 0 Å². The van der Waals surface area contributed by atoms with Gasteiger partial charge in [-0.3, -0.25) is 4.79 Å². The van der Waals surface area contributed by atoms with Gasteiger partial charge >= 0.3 is 5.97 Å². The Labute approximate surface area is 116 Å². The van der Waals surface area contributed by atoms with Crippen LogP contribution in [0.3, 0.4) is 0 Å². The molecule has 0 aromatic heterocycles. The number of rotatable bonds is 3. The van der Waals surface area contributed by atoms with Crippen LogP contribution < -0.4 is 5.32 Å². The third-order valence-corrected chi connectivity index (χ3v) is 4.87. The minimum atomic E-state index is -0.430. The number of carbonyl (C=O) groups is 1. The Morgan fingerprint density at radius 2 is 2.16 bits per heavy atom. The molecule has 0 spiro atoms. The Morgan fingerprint density at radius 3 is 2.74 bits per heavy atom. The lowest BCUT2D eigenvalue weighted by atomic mass is 9.73. The number of nitrogens with zero attached hydrogens (tertiary/aromatic N) is 1. The molecule has 110 valence electrons. The Hall–Kier alpha value is -0.610. The molecule has 2 saturated heterocycles. The van der Waals surface area contributed by atoms with Gasteiger partial charge in [0.2, 0.25) is 0 Å².